The lowest BCUT2D eigenvalue weighted by Gasteiger charge is -1.85. The fourth-order valence-corrected chi connectivity index (χ4v) is 1.98. The minimum atomic E-state index is 0.610. The van der Waals surface area contributed by atoms with Crippen LogP contribution in [0.1, 0.15) is 10.8 Å². The van der Waals surface area contributed by atoms with Gasteiger partial charge >= 0.3 is 0 Å². The summed E-state index contributed by atoms with van der Waals surface area (Å²) in [6.45, 7) is 2.52. The molecule has 0 radical (unpaired) electrons. The average Bonchev–Trinajstić information content (AvgIpc) is 2.74. The van der Waals surface area contributed by atoms with Crippen molar-refractivity contribution < 1.29 is 4.42 Å². The Morgan fingerprint density at radius 1 is 1.50 bits per heavy atom. The minimum absolute atomic E-state index is 0.610. The number of furan rings is 1. The third-order valence-electron chi connectivity index (χ3n) is 1.80. The number of aromatic nitrogens is 2. The van der Waals surface area contributed by atoms with Crippen molar-refractivity contribution >= 4 is 11.3 Å². The van der Waals surface area contributed by atoms with Crippen molar-refractivity contribution in [2.45, 2.75) is 13.3 Å². The van der Waals surface area contributed by atoms with E-state index in [0.29, 0.717) is 6.54 Å². The van der Waals surface area contributed by atoms with E-state index in [2.05, 4.69) is 10.2 Å². The molecule has 0 spiro atoms. The second-order valence-corrected chi connectivity index (χ2v) is 4.05. The molecule has 2 N–H and O–H groups in total. The van der Waals surface area contributed by atoms with E-state index in [1.807, 2.05) is 13.0 Å². The standard InChI is InChI=1S/C9H11N3OS/c1-6-4-7(5-13-6)9-12-11-8(14-9)2-3-10/h4-5H,2-3,10H2,1H3. The average molecular weight is 209 g/mol. The molecule has 14 heavy (non-hydrogen) atoms. The molecule has 0 amide bonds. The molecule has 0 aliphatic heterocycles. The molecule has 2 aromatic heterocycles. The third kappa shape index (κ3) is 1.83. The van der Waals surface area contributed by atoms with Crippen LogP contribution in [0.2, 0.25) is 0 Å². The summed E-state index contributed by atoms with van der Waals surface area (Å²) in [5, 5.41) is 9.98. The number of hydrogen-bond acceptors (Lipinski definition) is 5. The van der Waals surface area contributed by atoms with Gasteiger partial charge < -0.3 is 10.2 Å². The van der Waals surface area contributed by atoms with Crippen LogP contribution in [0.3, 0.4) is 0 Å². The maximum absolute atomic E-state index is 5.43. The van der Waals surface area contributed by atoms with Crippen molar-refractivity contribution in [3.8, 4) is 10.6 Å². The summed E-state index contributed by atoms with van der Waals surface area (Å²) < 4.78 is 5.20. The Bertz CT molecular complexity index is 421. The van der Waals surface area contributed by atoms with E-state index in [1.54, 1.807) is 17.6 Å². The summed E-state index contributed by atoms with van der Waals surface area (Å²) in [4.78, 5) is 0. The molecule has 2 heterocycles. The molecule has 0 unspecified atom stereocenters. The molecule has 4 nitrogen and oxygen atoms in total. The zero-order chi connectivity index (χ0) is 9.97. The summed E-state index contributed by atoms with van der Waals surface area (Å²) >= 11 is 1.56. The van der Waals surface area contributed by atoms with E-state index < -0.39 is 0 Å². The SMILES string of the molecule is Cc1cc(-c2nnc(CCN)s2)co1. The van der Waals surface area contributed by atoms with Crippen LogP contribution in [0.25, 0.3) is 10.6 Å². The highest BCUT2D eigenvalue weighted by Gasteiger charge is 2.07. The first-order valence-electron chi connectivity index (χ1n) is 4.37. The first kappa shape index (κ1) is 9.36. The van der Waals surface area contributed by atoms with Crippen LogP contribution < -0.4 is 5.73 Å². The fraction of sp³-hybridized carbons (Fsp3) is 0.333. The molecular formula is C9H11N3OS. The zero-order valence-corrected chi connectivity index (χ0v) is 8.67. The molecule has 0 aliphatic rings. The van der Waals surface area contributed by atoms with Gasteiger partial charge in [-0.3, -0.25) is 0 Å². The molecule has 0 saturated heterocycles. The molecule has 5 heteroatoms. The van der Waals surface area contributed by atoms with Gasteiger partial charge in [0.05, 0.1) is 5.56 Å². The van der Waals surface area contributed by atoms with Crippen LogP contribution in [0.5, 0.6) is 0 Å². The van der Waals surface area contributed by atoms with Gasteiger partial charge in [0.25, 0.3) is 0 Å². The molecule has 0 bridgehead atoms. The fourth-order valence-electron chi connectivity index (χ4n) is 1.15. The van der Waals surface area contributed by atoms with Gasteiger partial charge in [0.15, 0.2) is 5.01 Å². The summed E-state index contributed by atoms with van der Waals surface area (Å²) in [5.41, 5.74) is 6.42. The third-order valence-corrected chi connectivity index (χ3v) is 2.83. The molecular weight excluding hydrogens is 198 g/mol. The van der Waals surface area contributed by atoms with Crippen molar-refractivity contribution in [2.75, 3.05) is 6.54 Å². The lowest BCUT2D eigenvalue weighted by molar-refractivity contribution is 0.535. The predicted molar refractivity (Wildman–Crippen MR) is 55.1 cm³/mol. The Hall–Kier alpha value is -1.20. The normalized spacial score (nSPS) is 10.7. The zero-order valence-electron chi connectivity index (χ0n) is 7.86. The van der Waals surface area contributed by atoms with Gasteiger partial charge in [0.1, 0.15) is 17.0 Å². The summed E-state index contributed by atoms with van der Waals surface area (Å²) in [6.07, 6.45) is 2.48. The van der Waals surface area contributed by atoms with Crippen molar-refractivity contribution in [2.24, 2.45) is 5.73 Å². The Labute approximate surface area is 85.8 Å². The molecule has 0 aromatic carbocycles. The number of nitrogens with two attached hydrogens (primary N) is 1. The Kier molecular flexibility index (Phi) is 2.60. The number of nitrogens with zero attached hydrogens (tertiary/aromatic N) is 2. The van der Waals surface area contributed by atoms with E-state index >= 15 is 0 Å². The van der Waals surface area contributed by atoms with Gasteiger partial charge in [0.2, 0.25) is 0 Å². The quantitative estimate of drug-likeness (QED) is 0.834. The van der Waals surface area contributed by atoms with Crippen LogP contribution in [0.4, 0.5) is 0 Å². The Morgan fingerprint density at radius 2 is 2.36 bits per heavy atom. The highest BCUT2D eigenvalue weighted by atomic mass is 32.1. The lowest BCUT2D eigenvalue weighted by Crippen LogP contribution is -2.01. The predicted octanol–water partition coefficient (Wildman–Crippen LogP) is 1.61. The molecule has 2 rings (SSSR count). The largest absolute Gasteiger partial charge is 0.469 e. The summed E-state index contributed by atoms with van der Waals surface area (Å²) in [5.74, 6) is 0.885. The highest BCUT2D eigenvalue weighted by Crippen LogP contribution is 2.25. The maximum Gasteiger partial charge on any atom is 0.151 e. The molecule has 0 aliphatic carbocycles. The van der Waals surface area contributed by atoms with Crippen molar-refractivity contribution in [1.29, 1.82) is 0 Å². The van der Waals surface area contributed by atoms with E-state index in [1.165, 1.54) is 0 Å². The first-order chi connectivity index (χ1) is 6.79. The van der Waals surface area contributed by atoms with Crippen molar-refractivity contribution in [3.05, 3.63) is 23.1 Å². The molecule has 0 saturated carbocycles. The van der Waals surface area contributed by atoms with Gasteiger partial charge in [-0.1, -0.05) is 11.3 Å². The lowest BCUT2D eigenvalue weighted by atomic mass is 10.3. The number of aryl methyl sites for hydroxylation is 1. The van der Waals surface area contributed by atoms with Gasteiger partial charge in [-0.15, -0.1) is 10.2 Å². The van der Waals surface area contributed by atoms with Crippen LogP contribution in [0.15, 0.2) is 16.7 Å². The van der Waals surface area contributed by atoms with Crippen LogP contribution in [-0.2, 0) is 6.42 Å². The van der Waals surface area contributed by atoms with E-state index in [0.717, 1.165) is 27.8 Å². The molecule has 0 fully saturated rings. The second kappa shape index (κ2) is 3.89. The molecule has 2 aromatic rings. The smallest absolute Gasteiger partial charge is 0.151 e. The first-order valence-corrected chi connectivity index (χ1v) is 5.19. The topological polar surface area (TPSA) is 64.9 Å². The van der Waals surface area contributed by atoms with Crippen molar-refractivity contribution in [1.82, 2.24) is 10.2 Å². The number of hydrogen-bond donors (Lipinski definition) is 1. The van der Waals surface area contributed by atoms with E-state index in [9.17, 15) is 0 Å². The second-order valence-electron chi connectivity index (χ2n) is 2.99. The monoisotopic (exact) mass is 209 g/mol. The van der Waals surface area contributed by atoms with Crippen LogP contribution in [-0.4, -0.2) is 16.7 Å². The van der Waals surface area contributed by atoms with Crippen molar-refractivity contribution in [3.63, 3.8) is 0 Å². The van der Waals surface area contributed by atoms with Gasteiger partial charge in [0, 0.05) is 6.42 Å². The van der Waals surface area contributed by atoms with E-state index in [4.69, 9.17) is 10.2 Å². The summed E-state index contributed by atoms with van der Waals surface area (Å²) in [7, 11) is 0. The van der Waals surface area contributed by atoms with Gasteiger partial charge in [-0.05, 0) is 19.5 Å². The molecule has 74 valence electrons. The Morgan fingerprint density at radius 3 is 3.00 bits per heavy atom. The van der Waals surface area contributed by atoms with Crippen LogP contribution in [0, 0.1) is 6.92 Å². The highest BCUT2D eigenvalue weighted by molar-refractivity contribution is 7.14. The van der Waals surface area contributed by atoms with Gasteiger partial charge in [-0.2, -0.15) is 0 Å². The Balaban J connectivity index is 2.24. The summed E-state index contributed by atoms with van der Waals surface area (Å²) in [6, 6.07) is 1.95. The van der Waals surface area contributed by atoms with E-state index in [-0.39, 0.29) is 0 Å². The van der Waals surface area contributed by atoms with Crippen LogP contribution >= 0.6 is 11.3 Å². The maximum atomic E-state index is 5.43. The molecule has 0 atom stereocenters. The number of rotatable bonds is 3. The minimum Gasteiger partial charge on any atom is -0.469 e. The van der Waals surface area contributed by atoms with Gasteiger partial charge in [-0.25, -0.2) is 0 Å².